The van der Waals surface area contributed by atoms with Crippen LogP contribution in [0.4, 0.5) is 5.69 Å². The van der Waals surface area contributed by atoms with Gasteiger partial charge in [-0.25, -0.2) is 0 Å². The molecule has 2 atom stereocenters. The van der Waals surface area contributed by atoms with Gasteiger partial charge in [0, 0.05) is 5.69 Å². The van der Waals surface area contributed by atoms with Gasteiger partial charge in [-0.1, -0.05) is 50.2 Å². The minimum atomic E-state index is -0.278. The van der Waals surface area contributed by atoms with Gasteiger partial charge in [0.2, 0.25) is 11.8 Å². The average molecular weight is 348 g/mol. The molecule has 0 spiro atoms. The van der Waals surface area contributed by atoms with E-state index in [9.17, 15) is 4.79 Å². The molecule has 0 radical (unpaired) electrons. The maximum atomic E-state index is 12.1. The van der Waals surface area contributed by atoms with E-state index in [2.05, 4.69) is 22.4 Å². The van der Waals surface area contributed by atoms with Gasteiger partial charge in [0.15, 0.2) is 0 Å². The number of nitrogens with zero attached hydrogens (tertiary/aromatic N) is 2. The van der Waals surface area contributed by atoms with E-state index >= 15 is 0 Å². The SMILES string of the molecule is CC[C@H](C)[C@H](N)c1nnc(SCC(=O)Nc2c(C)cccc2C)o1. The summed E-state index contributed by atoms with van der Waals surface area (Å²) in [7, 11) is 0. The number of aromatic nitrogens is 2. The van der Waals surface area contributed by atoms with E-state index in [0.717, 1.165) is 23.2 Å². The Balaban J connectivity index is 1.92. The van der Waals surface area contributed by atoms with Crippen LogP contribution in [-0.4, -0.2) is 21.9 Å². The van der Waals surface area contributed by atoms with E-state index in [4.69, 9.17) is 10.2 Å². The van der Waals surface area contributed by atoms with Gasteiger partial charge in [0.25, 0.3) is 5.22 Å². The van der Waals surface area contributed by atoms with Gasteiger partial charge in [-0.15, -0.1) is 10.2 Å². The second-order valence-corrected chi connectivity index (χ2v) is 6.85. The standard InChI is InChI=1S/C17H24N4O2S/c1-5-10(2)14(18)16-20-21-17(23-16)24-9-13(22)19-15-11(3)7-6-8-12(15)4/h6-8,10,14H,5,9,18H2,1-4H3,(H,19,22)/t10-,14-/m0/s1. The average Bonchev–Trinajstić information content (AvgIpc) is 3.04. The fraction of sp³-hybridized carbons (Fsp3) is 0.471. The fourth-order valence-corrected chi connectivity index (χ4v) is 2.79. The van der Waals surface area contributed by atoms with Crippen molar-refractivity contribution in [1.29, 1.82) is 0 Å². The second-order valence-electron chi connectivity index (χ2n) is 5.92. The normalized spacial score (nSPS) is 13.5. The number of hydrogen-bond donors (Lipinski definition) is 2. The molecule has 2 aromatic rings. The summed E-state index contributed by atoms with van der Waals surface area (Å²) in [5, 5.41) is 11.2. The summed E-state index contributed by atoms with van der Waals surface area (Å²) >= 11 is 1.21. The molecule has 0 aliphatic rings. The van der Waals surface area contributed by atoms with Crippen LogP contribution in [-0.2, 0) is 4.79 Å². The van der Waals surface area contributed by atoms with Crippen molar-refractivity contribution >= 4 is 23.4 Å². The number of benzene rings is 1. The zero-order valence-electron chi connectivity index (χ0n) is 14.5. The van der Waals surface area contributed by atoms with Gasteiger partial charge >= 0.3 is 0 Å². The Hall–Kier alpha value is -1.86. The van der Waals surface area contributed by atoms with E-state index in [1.807, 2.05) is 39.0 Å². The van der Waals surface area contributed by atoms with Crippen molar-refractivity contribution in [2.75, 3.05) is 11.1 Å². The Bertz CT molecular complexity index is 681. The monoisotopic (exact) mass is 348 g/mol. The quantitative estimate of drug-likeness (QED) is 0.744. The number of nitrogens with one attached hydrogen (secondary N) is 1. The number of hydrogen-bond acceptors (Lipinski definition) is 6. The molecule has 0 aliphatic heterocycles. The van der Waals surface area contributed by atoms with Crippen molar-refractivity contribution in [1.82, 2.24) is 10.2 Å². The van der Waals surface area contributed by atoms with Gasteiger partial charge in [0.1, 0.15) is 0 Å². The number of carbonyl (C=O) groups is 1. The first-order valence-corrected chi connectivity index (χ1v) is 8.98. The zero-order valence-corrected chi connectivity index (χ0v) is 15.3. The molecule has 1 heterocycles. The molecule has 0 fully saturated rings. The highest BCUT2D eigenvalue weighted by Crippen LogP contribution is 2.25. The van der Waals surface area contributed by atoms with Crippen molar-refractivity contribution in [3.63, 3.8) is 0 Å². The third-order valence-corrected chi connectivity index (χ3v) is 4.85. The predicted octanol–water partition coefficient (Wildman–Crippen LogP) is 3.46. The topological polar surface area (TPSA) is 94.0 Å². The maximum Gasteiger partial charge on any atom is 0.277 e. The van der Waals surface area contributed by atoms with E-state index in [0.29, 0.717) is 11.1 Å². The molecule has 7 heteroatoms. The number of amides is 1. The van der Waals surface area contributed by atoms with Crippen molar-refractivity contribution in [2.45, 2.75) is 45.4 Å². The Kier molecular flexibility index (Phi) is 6.39. The second kappa shape index (κ2) is 8.30. The zero-order chi connectivity index (χ0) is 17.7. The first-order chi connectivity index (χ1) is 11.4. The molecule has 24 heavy (non-hydrogen) atoms. The van der Waals surface area contributed by atoms with Crippen molar-refractivity contribution in [3.8, 4) is 0 Å². The first-order valence-electron chi connectivity index (χ1n) is 8.00. The third-order valence-electron chi connectivity index (χ3n) is 4.04. The maximum absolute atomic E-state index is 12.1. The summed E-state index contributed by atoms with van der Waals surface area (Å²) < 4.78 is 5.55. The number of anilines is 1. The van der Waals surface area contributed by atoms with Crippen LogP contribution in [0.15, 0.2) is 27.8 Å². The van der Waals surface area contributed by atoms with Crippen LogP contribution in [0.1, 0.15) is 43.3 Å². The molecule has 0 saturated carbocycles. The summed E-state index contributed by atoms with van der Waals surface area (Å²) in [6.07, 6.45) is 0.935. The number of para-hydroxylation sites is 1. The molecular formula is C17H24N4O2S. The van der Waals surface area contributed by atoms with Crippen molar-refractivity contribution in [3.05, 3.63) is 35.2 Å². The highest BCUT2D eigenvalue weighted by molar-refractivity contribution is 7.99. The van der Waals surface area contributed by atoms with Gasteiger partial charge in [-0.3, -0.25) is 4.79 Å². The van der Waals surface area contributed by atoms with Crippen LogP contribution in [0.2, 0.25) is 0 Å². The lowest BCUT2D eigenvalue weighted by Gasteiger charge is -2.13. The molecule has 0 aliphatic carbocycles. The molecule has 1 aromatic heterocycles. The molecule has 1 aromatic carbocycles. The van der Waals surface area contributed by atoms with Crippen molar-refractivity contribution in [2.24, 2.45) is 11.7 Å². The Morgan fingerprint density at radius 1 is 1.33 bits per heavy atom. The van der Waals surface area contributed by atoms with Gasteiger partial charge < -0.3 is 15.5 Å². The van der Waals surface area contributed by atoms with Crippen LogP contribution in [0.5, 0.6) is 0 Å². The van der Waals surface area contributed by atoms with Crippen LogP contribution < -0.4 is 11.1 Å². The molecule has 2 rings (SSSR count). The minimum Gasteiger partial charge on any atom is -0.414 e. The molecule has 3 N–H and O–H groups in total. The van der Waals surface area contributed by atoms with E-state index < -0.39 is 0 Å². The summed E-state index contributed by atoms with van der Waals surface area (Å²) in [4.78, 5) is 12.1. The lowest BCUT2D eigenvalue weighted by atomic mass is 10.0. The molecular weight excluding hydrogens is 324 g/mol. The molecule has 130 valence electrons. The summed E-state index contributed by atoms with van der Waals surface area (Å²) in [6, 6.07) is 5.63. The van der Waals surface area contributed by atoms with Crippen LogP contribution in [0, 0.1) is 19.8 Å². The van der Waals surface area contributed by atoms with E-state index in [1.165, 1.54) is 11.8 Å². The highest BCUT2D eigenvalue weighted by Gasteiger charge is 2.20. The number of carbonyl (C=O) groups excluding carboxylic acids is 1. The van der Waals surface area contributed by atoms with E-state index in [-0.39, 0.29) is 23.6 Å². The van der Waals surface area contributed by atoms with Crippen LogP contribution >= 0.6 is 11.8 Å². The fourth-order valence-electron chi connectivity index (χ4n) is 2.23. The molecule has 0 unspecified atom stereocenters. The lowest BCUT2D eigenvalue weighted by Crippen LogP contribution is -2.18. The molecule has 6 nitrogen and oxygen atoms in total. The van der Waals surface area contributed by atoms with Gasteiger partial charge in [-0.05, 0) is 30.9 Å². The number of aryl methyl sites for hydroxylation is 2. The lowest BCUT2D eigenvalue weighted by molar-refractivity contribution is -0.113. The molecule has 0 saturated heterocycles. The Morgan fingerprint density at radius 3 is 2.62 bits per heavy atom. The van der Waals surface area contributed by atoms with Crippen molar-refractivity contribution < 1.29 is 9.21 Å². The number of thioether (sulfide) groups is 1. The predicted molar refractivity (Wildman–Crippen MR) is 96.0 cm³/mol. The third kappa shape index (κ3) is 4.58. The number of rotatable bonds is 7. The van der Waals surface area contributed by atoms with Crippen LogP contribution in [0.25, 0.3) is 0 Å². The summed E-state index contributed by atoms with van der Waals surface area (Å²) in [5.74, 6) is 0.773. The van der Waals surface area contributed by atoms with Gasteiger partial charge in [0.05, 0.1) is 11.8 Å². The first kappa shape index (κ1) is 18.5. The smallest absolute Gasteiger partial charge is 0.277 e. The van der Waals surface area contributed by atoms with E-state index in [1.54, 1.807) is 0 Å². The Labute approximate surface area is 146 Å². The van der Waals surface area contributed by atoms with Crippen LogP contribution in [0.3, 0.4) is 0 Å². The largest absolute Gasteiger partial charge is 0.414 e. The summed E-state index contributed by atoms with van der Waals surface area (Å²) in [6.45, 7) is 8.04. The highest BCUT2D eigenvalue weighted by atomic mass is 32.2. The molecule has 1 amide bonds. The Morgan fingerprint density at radius 2 is 2.00 bits per heavy atom. The molecule has 0 bridgehead atoms. The van der Waals surface area contributed by atoms with Gasteiger partial charge in [-0.2, -0.15) is 0 Å². The minimum absolute atomic E-state index is 0.108. The summed E-state index contributed by atoms with van der Waals surface area (Å²) in [5.41, 5.74) is 8.99. The number of nitrogens with two attached hydrogens (primary N) is 1.